The van der Waals surface area contributed by atoms with Crippen LogP contribution in [-0.2, 0) is 16.9 Å². The van der Waals surface area contributed by atoms with Crippen LogP contribution in [0.2, 0.25) is 0 Å². The van der Waals surface area contributed by atoms with Crippen molar-refractivity contribution in [3.05, 3.63) is 36.5 Å². The van der Waals surface area contributed by atoms with E-state index in [-0.39, 0.29) is 10.6 Å². The molecule has 0 aliphatic rings. The van der Waals surface area contributed by atoms with E-state index in [0.717, 1.165) is 0 Å². The van der Waals surface area contributed by atoms with E-state index in [1.165, 1.54) is 11.8 Å². The van der Waals surface area contributed by atoms with Crippen LogP contribution in [0, 0.1) is 0 Å². The number of aryl methyl sites for hydroxylation is 1. The molecule has 26 heavy (non-hydrogen) atoms. The highest BCUT2D eigenvalue weighted by Gasteiger charge is 2.21. The van der Waals surface area contributed by atoms with Crippen molar-refractivity contribution in [2.75, 3.05) is 12.0 Å². The van der Waals surface area contributed by atoms with Crippen LogP contribution in [0.15, 0.2) is 41.4 Å². The third-order valence-corrected chi connectivity index (χ3v) is 6.68. The first-order chi connectivity index (χ1) is 12.4. The predicted octanol–water partition coefficient (Wildman–Crippen LogP) is 3.46. The monoisotopic (exact) mass is 407 g/mol. The number of aromatic nitrogens is 3. The average molecular weight is 408 g/mol. The lowest BCUT2D eigenvalue weighted by molar-refractivity contribution is 0.577. The van der Waals surface area contributed by atoms with E-state index in [1.54, 1.807) is 55.1 Å². The molecule has 3 rings (SSSR count). The average Bonchev–Trinajstić information content (AvgIpc) is 2.97. The van der Waals surface area contributed by atoms with Crippen molar-refractivity contribution in [3.63, 3.8) is 0 Å². The first kappa shape index (κ1) is 18.8. The summed E-state index contributed by atoms with van der Waals surface area (Å²) in [5.41, 5.74) is 1.79. The molecule has 0 atom stereocenters. The lowest BCUT2D eigenvalue weighted by atomic mass is 10.2. The van der Waals surface area contributed by atoms with E-state index in [1.807, 2.05) is 6.26 Å². The highest BCUT2D eigenvalue weighted by atomic mass is 32.2. The molecule has 0 bridgehead atoms. The quantitative estimate of drug-likeness (QED) is 0.613. The third-order valence-electron chi connectivity index (χ3n) is 3.89. The largest absolute Gasteiger partial charge is 0.438 e. The van der Waals surface area contributed by atoms with E-state index in [9.17, 15) is 8.42 Å². The summed E-state index contributed by atoms with van der Waals surface area (Å²) in [4.78, 5) is 9.24. The predicted molar refractivity (Wildman–Crippen MR) is 108 cm³/mol. The molecule has 6 nitrogen and oxygen atoms in total. The highest BCUT2D eigenvalue weighted by Crippen LogP contribution is 2.30. The second-order valence-corrected chi connectivity index (χ2v) is 9.12. The lowest BCUT2D eigenvalue weighted by Gasteiger charge is -2.09. The molecular formula is C17H17N3O3S3. The van der Waals surface area contributed by atoms with Crippen molar-refractivity contribution in [3.8, 4) is 17.1 Å². The molecule has 9 heteroatoms. The van der Waals surface area contributed by atoms with Gasteiger partial charge in [-0.25, -0.2) is 18.4 Å². The van der Waals surface area contributed by atoms with E-state index in [4.69, 9.17) is 17.0 Å². The first-order valence-electron chi connectivity index (χ1n) is 7.77. The number of ether oxygens (including phenoxy) is 1. The Bertz CT molecular complexity index is 1090. The van der Waals surface area contributed by atoms with Crippen molar-refractivity contribution in [2.24, 2.45) is 7.05 Å². The Morgan fingerprint density at radius 2 is 2.08 bits per heavy atom. The maximum absolute atomic E-state index is 12.4. The molecule has 0 aliphatic heterocycles. The molecule has 0 saturated heterocycles. The summed E-state index contributed by atoms with van der Waals surface area (Å²) in [5.74, 6) is 1.05. The Morgan fingerprint density at radius 3 is 2.77 bits per heavy atom. The molecule has 0 radical (unpaired) electrons. The molecule has 3 aromatic rings. The van der Waals surface area contributed by atoms with Crippen molar-refractivity contribution in [1.82, 2.24) is 14.5 Å². The summed E-state index contributed by atoms with van der Waals surface area (Å²) in [5, 5.41) is 0. The van der Waals surface area contributed by atoms with E-state index >= 15 is 0 Å². The molecule has 0 aliphatic carbocycles. The van der Waals surface area contributed by atoms with E-state index in [0.29, 0.717) is 32.7 Å². The van der Waals surface area contributed by atoms with Crippen molar-refractivity contribution >= 4 is 49.4 Å². The summed E-state index contributed by atoms with van der Waals surface area (Å²) >= 11 is 6.39. The Hall–Kier alpha value is -1.97. The van der Waals surface area contributed by atoms with Gasteiger partial charge in [-0.1, -0.05) is 30.8 Å². The Balaban J connectivity index is 2.16. The molecule has 136 valence electrons. The van der Waals surface area contributed by atoms with Crippen LogP contribution in [-0.4, -0.2) is 39.3 Å². The van der Waals surface area contributed by atoms with Crippen molar-refractivity contribution in [1.29, 1.82) is 0 Å². The van der Waals surface area contributed by atoms with Crippen molar-refractivity contribution in [2.45, 2.75) is 11.8 Å². The van der Waals surface area contributed by atoms with Crippen LogP contribution in [0.4, 0.5) is 0 Å². The Morgan fingerprint density at radius 1 is 1.35 bits per heavy atom. The van der Waals surface area contributed by atoms with Crippen LogP contribution in [0.1, 0.15) is 6.92 Å². The molecule has 0 saturated carbocycles. The van der Waals surface area contributed by atoms with Crippen LogP contribution in [0.5, 0.6) is 5.75 Å². The van der Waals surface area contributed by atoms with Gasteiger partial charge in [0.05, 0.1) is 16.8 Å². The zero-order chi connectivity index (χ0) is 18.9. The lowest BCUT2D eigenvalue weighted by Crippen LogP contribution is -2.07. The Labute approximate surface area is 161 Å². The number of hydrogen-bond donors (Lipinski definition) is 0. The maximum atomic E-state index is 12.4. The minimum atomic E-state index is -3.38. The number of sulfone groups is 1. The van der Waals surface area contributed by atoms with Gasteiger partial charge in [0.2, 0.25) is 4.38 Å². The smallest absolute Gasteiger partial charge is 0.225 e. The molecule has 0 spiro atoms. The SMILES string of the molecule is CCS(=O)(=O)c1ccccc1-c1nc2cc(OC(=S)SC)cnc2n1C. The number of rotatable bonds is 4. The first-order valence-corrected chi connectivity index (χ1v) is 11.1. The fraction of sp³-hybridized carbons (Fsp3) is 0.235. The molecule has 0 fully saturated rings. The zero-order valence-electron chi connectivity index (χ0n) is 14.5. The summed E-state index contributed by atoms with van der Waals surface area (Å²) in [6, 6.07) is 8.60. The van der Waals surface area contributed by atoms with Gasteiger partial charge in [0, 0.05) is 18.7 Å². The van der Waals surface area contributed by atoms with Gasteiger partial charge in [-0.3, -0.25) is 0 Å². The molecule has 2 heterocycles. The fourth-order valence-corrected chi connectivity index (χ4v) is 3.94. The van der Waals surface area contributed by atoms with Crippen LogP contribution in [0.3, 0.4) is 0 Å². The molecule has 2 aromatic heterocycles. The second kappa shape index (κ2) is 7.34. The number of thioether (sulfide) groups is 1. The summed E-state index contributed by atoms with van der Waals surface area (Å²) in [6.07, 6.45) is 3.41. The number of nitrogens with zero attached hydrogens (tertiary/aromatic N) is 3. The number of hydrogen-bond acceptors (Lipinski definition) is 7. The van der Waals surface area contributed by atoms with Crippen LogP contribution < -0.4 is 4.74 Å². The molecule has 0 N–H and O–H groups in total. The van der Waals surface area contributed by atoms with Gasteiger partial charge in [-0.05, 0) is 30.6 Å². The van der Waals surface area contributed by atoms with E-state index < -0.39 is 9.84 Å². The minimum Gasteiger partial charge on any atom is -0.438 e. The molecule has 0 unspecified atom stereocenters. The topological polar surface area (TPSA) is 74.1 Å². The Kier molecular flexibility index (Phi) is 5.31. The van der Waals surface area contributed by atoms with Crippen LogP contribution in [0.25, 0.3) is 22.6 Å². The van der Waals surface area contributed by atoms with Gasteiger partial charge < -0.3 is 9.30 Å². The fourth-order valence-electron chi connectivity index (χ4n) is 2.57. The van der Waals surface area contributed by atoms with E-state index in [2.05, 4.69) is 9.97 Å². The summed E-state index contributed by atoms with van der Waals surface area (Å²) in [6.45, 7) is 1.63. The summed E-state index contributed by atoms with van der Waals surface area (Å²) in [7, 11) is -1.57. The second-order valence-electron chi connectivity index (χ2n) is 5.46. The number of pyridine rings is 1. The number of imidazole rings is 1. The van der Waals surface area contributed by atoms with Crippen LogP contribution >= 0.6 is 24.0 Å². The minimum absolute atomic E-state index is 0.0241. The molecular weight excluding hydrogens is 390 g/mol. The van der Waals surface area contributed by atoms with Gasteiger partial charge in [0.1, 0.15) is 17.1 Å². The maximum Gasteiger partial charge on any atom is 0.225 e. The normalized spacial score (nSPS) is 11.7. The number of thiocarbonyl (C=S) groups is 1. The van der Waals surface area contributed by atoms with Gasteiger partial charge in [0.25, 0.3) is 0 Å². The third kappa shape index (κ3) is 3.46. The zero-order valence-corrected chi connectivity index (χ0v) is 16.9. The number of fused-ring (bicyclic) bond motifs is 1. The molecule has 0 amide bonds. The highest BCUT2D eigenvalue weighted by molar-refractivity contribution is 8.22. The van der Waals surface area contributed by atoms with Gasteiger partial charge in [0.15, 0.2) is 15.5 Å². The van der Waals surface area contributed by atoms with Crippen molar-refractivity contribution < 1.29 is 13.2 Å². The van der Waals surface area contributed by atoms with Gasteiger partial charge in [-0.15, -0.1) is 0 Å². The molecule has 1 aromatic carbocycles. The van der Waals surface area contributed by atoms with Gasteiger partial charge >= 0.3 is 0 Å². The van der Waals surface area contributed by atoms with Gasteiger partial charge in [-0.2, -0.15) is 0 Å². The summed E-state index contributed by atoms with van der Waals surface area (Å²) < 4.78 is 32.6. The standard InChI is InChI=1S/C17H17N3O3S3/c1-4-26(21,22)14-8-6-5-7-12(14)15-19-13-9-11(23-17(24)25-3)10-18-16(13)20(15)2/h5-10H,4H2,1-3H3. The number of benzene rings is 1.